The first kappa shape index (κ1) is 23.3. The highest BCUT2D eigenvalue weighted by atomic mass is 35.5. The molecule has 0 unspecified atom stereocenters. The maximum absolute atomic E-state index is 13.0. The van der Waals surface area contributed by atoms with E-state index < -0.39 is 12.0 Å². The number of nitrogens with one attached hydrogen (secondary N) is 1. The molecule has 0 saturated heterocycles. The molecule has 1 atom stereocenters. The lowest BCUT2D eigenvalue weighted by Gasteiger charge is -2.36. The zero-order valence-electron chi connectivity index (χ0n) is 17.0. The van der Waals surface area contributed by atoms with Crippen molar-refractivity contribution in [3.8, 4) is 5.75 Å². The van der Waals surface area contributed by atoms with Crippen LogP contribution in [-0.4, -0.2) is 36.7 Å². The molecule has 0 aromatic heterocycles. The van der Waals surface area contributed by atoms with Gasteiger partial charge in [-0.05, 0) is 43.7 Å². The lowest BCUT2D eigenvalue weighted by atomic mass is 9.94. The van der Waals surface area contributed by atoms with E-state index in [1.54, 1.807) is 56.3 Å². The van der Waals surface area contributed by atoms with Gasteiger partial charge in [0.1, 0.15) is 12.4 Å². The highest BCUT2D eigenvalue weighted by Gasteiger charge is 2.38. The first-order chi connectivity index (χ1) is 14.8. The average molecular weight is 484 g/mol. The zero-order valence-corrected chi connectivity index (χ0v) is 19.2. The van der Waals surface area contributed by atoms with E-state index in [1.807, 2.05) is 0 Å². The molecule has 164 valence electrons. The number of halogens is 3. The van der Waals surface area contributed by atoms with Crippen LogP contribution in [0.25, 0.3) is 0 Å². The van der Waals surface area contributed by atoms with Gasteiger partial charge < -0.3 is 14.8 Å². The van der Waals surface area contributed by atoms with Gasteiger partial charge in [0, 0.05) is 22.7 Å². The maximum atomic E-state index is 13.0. The third kappa shape index (κ3) is 5.26. The quantitative estimate of drug-likeness (QED) is 0.518. The number of benzene rings is 2. The fourth-order valence-electron chi connectivity index (χ4n) is 3.28. The highest BCUT2D eigenvalue weighted by Crippen LogP contribution is 2.34. The van der Waals surface area contributed by atoms with Crippen LogP contribution in [0.5, 0.6) is 5.75 Å². The standard InChI is InChI=1S/C22H21Cl3N2O4/c1-3-27-17(12-31-18-11-15(24)9-10-16(18)25)19(21(28)30-4-2)20(26-22(27)29)13-5-7-14(23)8-6-13/h5-11,20H,3-4,12H2,1-2H3,(H,26,29)/t20-/m1/s1. The van der Waals surface area contributed by atoms with Gasteiger partial charge in [0.2, 0.25) is 0 Å². The predicted octanol–water partition coefficient (Wildman–Crippen LogP) is 5.63. The molecule has 0 fully saturated rings. The van der Waals surface area contributed by atoms with E-state index >= 15 is 0 Å². The summed E-state index contributed by atoms with van der Waals surface area (Å²) in [4.78, 5) is 27.3. The fraction of sp³-hybridized carbons (Fsp3) is 0.273. The summed E-state index contributed by atoms with van der Waals surface area (Å²) in [6, 6.07) is 10.6. The number of amides is 2. The van der Waals surface area contributed by atoms with Crippen molar-refractivity contribution < 1.29 is 19.1 Å². The number of esters is 1. The summed E-state index contributed by atoms with van der Waals surface area (Å²) in [6.07, 6.45) is 0. The Hall–Kier alpha value is -2.41. The van der Waals surface area contributed by atoms with Crippen LogP contribution in [-0.2, 0) is 9.53 Å². The summed E-state index contributed by atoms with van der Waals surface area (Å²) in [7, 11) is 0. The van der Waals surface area contributed by atoms with Crippen LogP contribution in [0.3, 0.4) is 0 Å². The van der Waals surface area contributed by atoms with Crippen LogP contribution in [0, 0.1) is 0 Å². The van der Waals surface area contributed by atoms with Crippen LogP contribution >= 0.6 is 34.8 Å². The monoisotopic (exact) mass is 482 g/mol. The number of carbonyl (C=O) groups excluding carboxylic acids is 2. The average Bonchev–Trinajstić information content (AvgIpc) is 2.74. The van der Waals surface area contributed by atoms with E-state index in [0.29, 0.717) is 38.6 Å². The summed E-state index contributed by atoms with van der Waals surface area (Å²) in [5.41, 5.74) is 1.36. The molecule has 0 bridgehead atoms. The second-order valence-corrected chi connectivity index (χ2v) is 7.90. The molecule has 31 heavy (non-hydrogen) atoms. The molecule has 2 aromatic carbocycles. The van der Waals surface area contributed by atoms with Gasteiger partial charge in [0.15, 0.2) is 0 Å². The third-order valence-electron chi connectivity index (χ3n) is 4.71. The second kappa shape index (κ2) is 10.3. The number of carbonyl (C=O) groups is 2. The molecular weight excluding hydrogens is 463 g/mol. The van der Waals surface area contributed by atoms with Crippen molar-refractivity contribution in [3.63, 3.8) is 0 Å². The number of hydrogen-bond acceptors (Lipinski definition) is 4. The van der Waals surface area contributed by atoms with Crippen LogP contribution in [0.2, 0.25) is 15.1 Å². The van der Waals surface area contributed by atoms with Crippen molar-refractivity contribution in [3.05, 3.63) is 74.4 Å². The van der Waals surface area contributed by atoms with E-state index in [1.165, 1.54) is 4.90 Å². The molecule has 9 heteroatoms. The summed E-state index contributed by atoms with van der Waals surface area (Å²) >= 11 is 18.3. The van der Waals surface area contributed by atoms with Crippen molar-refractivity contribution in [2.45, 2.75) is 19.9 Å². The molecule has 0 saturated carbocycles. The first-order valence-electron chi connectivity index (χ1n) is 9.67. The molecule has 6 nitrogen and oxygen atoms in total. The molecule has 1 N–H and O–H groups in total. The SMILES string of the molecule is CCOC(=O)C1=C(COc2cc(Cl)ccc2Cl)N(CC)C(=O)N[C@@H]1c1ccc(Cl)cc1. The Kier molecular flexibility index (Phi) is 7.70. The molecule has 2 aromatic rings. The van der Waals surface area contributed by atoms with Gasteiger partial charge in [0.25, 0.3) is 0 Å². The number of nitrogens with zero attached hydrogens (tertiary/aromatic N) is 1. The van der Waals surface area contributed by atoms with Crippen molar-refractivity contribution in [1.82, 2.24) is 10.2 Å². The third-order valence-corrected chi connectivity index (χ3v) is 5.51. The molecule has 0 radical (unpaired) electrons. The Morgan fingerprint density at radius 2 is 1.74 bits per heavy atom. The van der Waals surface area contributed by atoms with Crippen molar-refractivity contribution >= 4 is 46.8 Å². The van der Waals surface area contributed by atoms with Crippen molar-refractivity contribution in [1.29, 1.82) is 0 Å². The second-order valence-electron chi connectivity index (χ2n) is 6.62. The van der Waals surface area contributed by atoms with Crippen molar-refractivity contribution in [2.24, 2.45) is 0 Å². The number of urea groups is 1. The molecule has 2 amide bonds. The maximum Gasteiger partial charge on any atom is 0.338 e. The molecule has 1 aliphatic heterocycles. The lowest BCUT2D eigenvalue weighted by molar-refractivity contribution is -0.139. The van der Waals surface area contributed by atoms with E-state index in [4.69, 9.17) is 44.3 Å². The first-order valence-corrected chi connectivity index (χ1v) is 10.8. The minimum absolute atomic E-state index is 0.0838. The largest absolute Gasteiger partial charge is 0.486 e. The van der Waals surface area contributed by atoms with Crippen LogP contribution in [0.15, 0.2) is 53.7 Å². The van der Waals surface area contributed by atoms with Gasteiger partial charge in [-0.25, -0.2) is 9.59 Å². The molecule has 1 aliphatic rings. The molecule has 3 rings (SSSR count). The number of ether oxygens (including phenoxy) is 2. The zero-order chi connectivity index (χ0) is 22.5. The van der Waals surface area contributed by atoms with Gasteiger partial charge in [-0.1, -0.05) is 46.9 Å². The Labute approximate surface area is 195 Å². The Morgan fingerprint density at radius 1 is 1.06 bits per heavy atom. The van der Waals surface area contributed by atoms with Gasteiger partial charge in [-0.15, -0.1) is 0 Å². The minimum atomic E-state index is -0.722. The summed E-state index contributed by atoms with van der Waals surface area (Å²) in [5.74, 6) is -0.202. The molecule has 1 heterocycles. The minimum Gasteiger partial charge on any atom is -0.486 e. The van der Waals surface area contributed by atoms with Crippen molar-refractivity contribution in [2.75, 3.05) is 19.8 Å². The Morgan fingerprint density at radius 3 is 2.39 bits per heavy atom. The van der Waals surface area contributed by atoms with Gasteiger partial charge in [0.05, 0.1) is 28.9 Å². The van der Waals surface area contributed by atoms with E-state index in [0.717, 1.165) is 0 Å². The highest BCUT2D eigenvalue weighted by molar-refractivity contribution is 6.34. The molecule has 0 spiro atoms. The fourth-order valence-corrected chi connectivity index (χ4v) is 3.74. The smallest absolute Gasteiger partial charge is 0.338 e. The Balaban J connectivity index is 2.08. The number of likely N-dealkylation sites (N-methyl/N-ethyl adjacent to an activating group) is 1. The van der Waals surface area contributed by atoms with Gasteiger partial charge >= 0.3 is 12.0 Å². The van der Waals surface area contributed by atoms with Gasteiger partial charge in [-0.3, -0.25) is 4.90 Å². The van der Waals surface area contributed by atoms with E-state index in [2.05, 4.69) is 5.32 Å². The van der Waals surface area contributed by atoms with Crippen LogP contribution < -0.4 is 10.1 Å². The van der Waals surface area contributed by atoms with Crippen LogP contribution in [0.4, 0.5) is 4.79 Å². The number of hydrogen-bond donors (Lipinski definition) is 1. The van der Waals surface area contributed by atoms with E-state index in [9.17, 15) is 9.59 Å². The summed E-state index contributed by atoms with van der Waals surface area (Å²) in [5, 5.41) is 4.23. The topological polar surface area (TPSA) is 67.9 Å². The van der Waals surface area contributed by atoms with Crippen LogP contribution in [0.1, 0.15) is 25.5 Å². The normalized spacial score (nSPS) is 16.2. The van der Waals surface area contributed by atoms with Gasteiger partial charge in [-0.2, -0.15) is 0 Å². The summed E-state index contributed by atoms with van der Waals surface area (Å²) in [6.45, 7) is 3.95. The molecule has 0 aliphatic carbocycles. The molecular formula is C22H21Cl3N2O4. The number of rotatable bonds is 7. The summed E-state index contributed by atoms with van der Waals surface area (Å²) < 4.78 is 11.2. The lowest BCUT2D eigenvalue weighted by Crippen LogP contribution is -2.49. The van der Waals surface area contributed by atoms with E-state index in [-0.39, 0.29) is 24.8 Å². The Bertz CT molecular complexity index is 1010. The predicted molar refractivity (Wildman–Crippen MR) is 121 cm³/mol.